The van der Waals surface area contributed by atoms with Crippen molar-refractivity contribution in [3.8, 4) is 0 Å². The molecule has 0 aliphatic carbocycles. The van der Waals surface area contributed by atoms with Crippen molar-refractivity contribution in [1.29, 1.82) is 0 Å². The minimum Gasteiger partial charge on any atom is -0.465 e. The first-order valence-electron chi connectivity index (χ1n) is 8.72. The number of halogens is 1. The fraction of sp³-hybridized carbons (Fsp3) is 0.579. The zero-order chi connectivity index (χ0) is 18.4. The molecule has 6 heteroatoms. The molecule has 2 aliphatic heterocycles. The molecule has 2 fully saturated rings. The maximum absolute atomic E-state index is 13.5. The van der Waals surface area contributed by atoms with Gasteiger partial charge in [-0.25, -0.2) is 4.79 Å². The highest BCUT2D eigenvalue weighted by Crippen LogP contribution is 2.50. The minimum absolute atomic E-state index is 0.00600. The zero-order valence-corrected chi connectivity index (χ0v) is 15.7. The summed E-state index contributed by atoms with van der Waals surface area (Å²) in [7, 11) is 0. The van der Waals surface area contributed by atoms with Crippen LogP contribution in [-0.2, 0) is 4.79 Å². The Kier molecular flexibility index (Phi) is 4.48. The third-order valence-corrected chi connectivity index (χ3v) is 5.85. The van der Waals surface area contributed by atoms with Crippen molar-refractivity contribution in [3.05, 3.63) is 29.3 Å². The Hall–Kier alpha value is -1.75. The lowest BCUT2D eigenvalue weighted by atomic mass is 9.73. The van der Waals surface area contributed by atoms with E-state index < -0.39 is 11.5 Å². The summed E-state index contributed by atoms with van der Waals surface area (Å²) in [6, 6.07) is 7.37. The standard InChI is InChI=1S/C19H25ClN2O3/c1-18(2,3)15-11-19(9-6-10-21(12-19)17(24)25)16(23)22(15)14-8-5-4-7-13(14)20/h4-5,7-8,15H,6,9-12H2,1-3H3,(H,24,25)/t15?,19-/m0/s1. The van der Waals surface area contributed by atoms with E-state index in [1.807, 2.05) is 23.1 Å². The maximum Gasteiger partial charge on any atom is 0.407 e. The van der Waals surface area contributed by atoms with Crippen LogP contribution in [0.15, 0.2) is 24.3 Å². The normalized spacial score (nSPS) is 27.2. The molecule has 5 nitrogen and oxygen atoms in total. The molecular weight excluding hydrogens is 340 g/mol. The fourth-order valence-corrected chi connectivity index (χ4v) is 4.43. The molecular formula is C19H25ClN2O3. The molecule has 2 saturated heterocycles. The molecule has 2 aliphatic rings. The van der Waals surface area contributed by atoms with Crippen molar-refractivity contribution >= 4 is 29.3 Å². The first-order valence-corrected chi connectivity index (χ1v) is 9.10. The number of amides is 2. The topological polar surface area (TPSA) is 60.9 Å². The minimum atomic E-state index is -0.949. The lowest BCUT2D eigenvalue weighted by Gasteiger charge is -2.37. The molecule has 0 bridgehead atoms. The summed E-state index contributed by atoms with van der Waals surface area (Å²) < 4.78 is 0. The molecule has 0 radical (unpaired) electrons. The quantitative estimate of drug-likeness (QED) is 0.810. The molecule has 2 amide bonds. The van der Waals surface area contributed by atoms with Crippen LogP contribution in [0.1, 0.15) is 40.0 Å². The van der Waals surface area contributed by atoms with Gasteiger partial charge in [0.15, 0.2) is 0 Å². The molecule has 1 unspecified atom stereocenters. The number of carbonyl (C=O) groups excluding carboxylic acids is 1. The highest BCUT2D eigenvalue weighted by atomic mass is 35.5. The largest absolute Gasteiger partial charge is 0.465 e. The summed E-state index contributed by atoms with van der Waals surface area (Å²) in [5.74, 6) is 0.00600. The molecule has 0 aromatic heterocycles. The molecule has 1 N–H and O–H groups in total. The number of likely N-dealkylation sites (tertiary alicyclic amines) is 1. The second-order valence-corrected chi connectivity index (χ2v) is 8.71. The van der Waals surface area contributed by atoms with Crippen LogP contribution in [0.4, 0.5) is 10.5 Å². The summed E-state index contributed by atoms with van der Waals surface area (Å²) in [6.45, 7) is 7.12. The van der Waals surface area contributed by atoms with Crippen LogP contribution in [0.5, 0.6) is 0 Å². The predicted octanol–water partition coefficient (Wildman–Crippen LogP) is 4.25. The predicted molar refractivity (Wildman–Crippen MR) is 98.1 cm³/mol. The lowest BCUT2D eigenvalue weighted by Crippen LogP contribution is -2.49. The van der Waals surface area contributed by atoms with Gasteiger partial charge >= 0.3 is 6.09 Å². The SMILES string of the molecule is CC(C)(C)C1C[C@]2(CCCN(C(=O)O)C2)C(=O)N1c1ccccc1Cl. The Balaban J connectivity index is 2.04. The van der Waals surface area contributed by atoms with Crippen LogP contribution < -0.4 is 4.90 Å². The number of benzene rings is 1. The van der Waals surface area contributed by atoms with Gasteiger partial charge in [0.1, 0.15) is 0 Å². The van der Waals surface area contributed by atoms with E-state index in [1.54, 1.807) is 6.07 Å². The molecule has 1 aromatic rings. The Morgan fingerprint density at radius 1 is 1.32 bits per heavy atom. The number of piperidine rings is 1. The number of carboxylic acid groups (broad SMARTS) is 1. The van der Waals surface area contributed by atoms with Gasteiger partial charge in [-0.2, -0.15) is 0 Å². The summed E-state index contributed by atoms with van der Waals surface area (Å²) in [5.41, 5.74) is -0.0594. The Morgan fingerprint density at radius 2 is 2.00 bits per heavy atom. The molecule has 25 heavy (non-hydrogen) atoms. The average molecular weight is 365 g/mol. The summed E-state index contributed by atoms with van der Waals surface area (Å²) in [5, 5.41) is 9.95. The Labute approximate surface area is 153 Å². The van der Waals surface area contributed by atoms with Crippen molar-refractivity contribution in [2.45, 2.75) is 46.1 Å². The van der Waals surface area contributed by atoms with E-state index in [0.29, 0.717) is 24.4 Å². The number of nitrogens with zero attached hydrogens (tertiary/aromatic N) is 2. The fourth-order valence-electron chi connectivity index (χ4n) is 4.20. The summed E-state index contributed by atoms with van der Waals surface area (Å²) >= 11 is 6.39. The van der Waals surface area contributed by atoms with Crippen molar-refractivity contribution in [2.75, 3.05) is 18.0 Å². The van der Waals surface area contributed by atoms with Crippen LogP contribution in [0.25, 0.3) is 0 Å². The van der Waals surface area contributed by atoms with Crippen molar-refractivity contribution in [2.24, 2.45) is 10.8 Å². The highest BCUT2D eigenvalue weighted by molar-refractivity contribution is 6.34. The van der Waals surface area contributed by atoms with Gasteiger partial charge in [-0.3, -0.25) is 4.79 Å². The molecule has 3 rings (SSSR count). The third-order valence-electron chi connectivity index (χ3n) is 5.53. The van der Waals surface area contributed by atoms with Gasteiger partial charge in [-0.05, 0) is 36.8 Å². The van der Waals surface area contributed by atoms with Crippen LogP contribution in [0.2, 0.25) is 5.02 Å². The van der Waals surface area contributed by atoms with Gasteiger partial charge in [0.25, 0.3) is 0 Å². The molecule has 2 atom stereocenters. The van der Waals surface area contributed by atoms with Crippen LogP contribution in [0.3, 0.4) is 0 Å². The number of carbonyl (C=O) groups is 2. The number of hydrogen-bond acceptors (Lipinski definition) is 2. The second-order valence-electron chi connectivity index (χ2n) is 8.30. The number of hydrogen-bond donors (Lipinski definition) is 1. The average Bonchev–Trinajstić information content (AvgIpc) is 2.81. The Bertz CT molecular complexity index is 700. The number of anilines is 1. The Morgan fingerprint density at radius 3 is 2.60 bits per heavy atom. The van der Waals surface area contributed by atoms with Crippen LogP contribution >= 0.6 is 11.6 Å². The van der Waals surface area contributed by atoms with Gasteiger partial charge in [-0.1, -0.05) is 44.5 Å². The zero-order valence-electron chi connectivity index (χ0n) is 15.0. The molecule has 2 heterocycles. The van der Waals surface area contributed by atoms with Crippen LogP contribution in [-0.4, -0.2) is 41.1 Å². The number of rotatable bonds is 1. The van der Waals surface area contributed by atoms with E-state index in [0.717, 1.165) is 12.1 Å². The summed E-state index contributed by atoms with van der Waals surface area (Å²) in [4.78, 5) is 28.2. The molecule has 0 saturated carbocycles. The van der Waals surface area contributed by atoms with E-state index in [2.05, 4.69) is 20.8 Å². The van der Waals surface area contributed by atoms with Gasteiger partial charge < -0.3 is 14.9 Å². The first-order chi connectivity index (χ1) is 11.7. The maximum atomic E-state index is 13.5. The van der Waals surface area contributed by atoms with Gasteiger partial charge in [0, 0.05) is 19.1 Å². The molecule has 1 spiro atoms. The van der Waals surface area contributed by atoms with Gasteiger partial charge in [-0.15, -0.1) is 0 Å². The summed E-state index contributed by atoms with van der Waals surface area (Å²) in [6.07, 6.45) is 1.15. The second kappa shape index (κ2) is 6.20. The molecule has 1 aromatic carbocycles. The van der Waals surface area contributed by atoms with Crippen molar-refractivity contribution in [1.82, 2.24) is 4.90 Å². The first kappa shape index (κ1) is 18.1. The van der Waals surface area contributed by atoms with Crippen molar-refractivity contribution in [3.63, 3.8) is 0 Å². The highest BCUT2D eigenvalue weighted by Gasteiger charge is 2.56. The van der Waals surface area contributed by atoms with E-state index in [1.165, 1.54) is 4.90 Å². The van der Waals surface area contributed by atoms with Crippen molar-refractivity contribution < 1.29 is 14.7 Å². The van der Waals surface area contributed by atoms with Crippen LogP contribution in [0, 0.1) is 10.8 Å². The monoisotopic (exact) mass is 364 g/mol. The number of para-hydroxylation sites is 1. The van der Waals surface area contributed by atoms with Gasteiger partial charge in [0.2, 0.25) is 5.91 Å². The smallest absolute Gasteiger partial charge is 0.407 e. The van der Waals surface area contributed by atoms with E-state index in [-0.39, 0.29) is 23.9 Å². The molecule has 136 valence electrons. The van der Waals surface area contributed by atoms with E-state index in [4.69, 9.17) is 11.6 Å². The van der Waals surface area contributed by atoms with Gasteiger partial charge in [0.05, 0.1) is 16.1 Å². The third kappa shape index (κ3) is 3.10. The lowest BCUT2D eigenvalue weighted by molar-refractivity contribution is -0.127. The van der Waals surface area contributed by atoms with E-state index >= 15 is 0 Å². The van der Waals surface area contributed by atoms with E-state index in [9.17, 15) is 14.7 Å².